The molecule has 0 unspecified atom stereocenters. The molecule has 0 bridgehead atoms. The number of hydrogen-bond acceptors (Lipinski definition) is 6. The third-order valence-electron chi connectivity index (χ3n) is 3.77. The molecule has 2 rings (SSSR count). The van der Waals surface area contributed by atoms with Gasteiger partial charge < -0.3 is 9.80 Å². The Bertz CT molecular complexity index is 688. The lowest BCUT2D eigenvalue weighted by Gasteiger charge is -2.36. The van der Waals surface area contributed by atoms with Crippen molar-refractivity contribution in [2.45, 2.75) is 13.8 Å². The van der Waals surface area contributed by atoms with Gasteiger partial charge in [-0.3, -0.25) is 10.2 Å². The van der Waals surface area contributed by atoms with Gasteiger partial charge >= 0.3 is 0 Å². The highest BCUT2D eigenvalue weighted by atomic mass is 16.2. The van der Waals surface area contributed by atoms with Gasteiger partial charge in [0.15, 0.2) is 0 Å². The summed E-state index contributed by atoms with van der Waals surface area (Å²) in [5.74, 6) is 0.115. The second kappa shape index (κ2) is 7.28. The topological polar surface area (TPSA) is 95.5 Å². The number of amides is 1. The normalized spacial score (nSPS) is 13.7. The Kier molecular flexibility index (Phi) is 5.16. The quantitative estimate of drug-likeness (QED) is 0.674. The SMILES string of the molecule is CC(=O)N1CCN(c2ccc(NN=C(C#N)C#N)cc2C)CC1. The van der Waals surface area contributed by atoms with Gasteiger partial charge in [-0.15, -0.1) is 0 Å². The second-order valence-electron chi connectivity index (χ2n) is 5.29. The van der Waals surface area contributed by atoms with E-state index in [-0.39, 0.29) is 11.6 Å². The van der Waals surface area contributed by atoms with Gasteiger partial charge in [0.05, 0.1) is 5.69 Å². The van der Waals surface area contributed by atoms with Crippen LogP contribution in [-0.4, -0.2) is 42.7 Å². The lowest BCUT2D eigenvalue weighted by atomic mass is 10.1. The van der Waals surface area contributed by atoms with Crippen LogP contribution in [0.3, 0.4) is 0 Å². The molecule has 1 fully saturated rings. The van der Waals surface area contributed by atoms with E-state index >= 15 is 0 Å². The van der Waals surface area contributed by atoms with Crippen molar-refractivity contribution in [2.24, 2.45) is 5.10 Å². The second-order valence-corrected chi connectivity index (χ2v) is 5.29. The molecule has 1 aromatic rings. The molecule has 1 aliphatic heterocycles. The van der Waals surface area contributed by atoms with Gasteiger partial charge in [-0.2, -0.15) is 15.6 Å². The molecule has 0 aromatic heterocycles. The molecule has 0 aliphatic carbocycles. The monoisotopic (exact) mass is 310 g/mol. The van der Waals surface area contributed by atoms with Crippen LogP contribution in [0.15, 0.2) is 23.3 Å². The molecule has 0 spiro atoms. The van der Waals surface area contributed by atoms with Crippen molar-refractivity contribution < 1.29 is 4.79 Å². The Morgan fingerprint density at radius 1 is 1.22 bits per heavy atom. The van der Waals surface area contributed by atoms with Crippen LogP contribution in [0.25, 0.3) is 0 Å². The average molecular weight is 310 g/mol. The van der Waals surface area contributed by atoms with E-state index in [1.807, 2.05) is 30.0 Å². The number of rotatable bonds is 3. The van der Waals surface area contributed by atoms with E-state index in [1.54, 1.807) is 19.1 Å². The zero-order valence-electron chi connectivity index (χ0n) is 13.2. The van der Waals surface area contributed by atoms with E-state index < -0.39 is 0 Å². The van der Waals surface area contributed by atoms with E-state index in [4.69, 9.17) is 10.5 Å². The van der Waals surface area contributed by atoms with Crippen molar-refractivity contribution in [1.82, 2.24) is 4.90 Å². The van der Waals surface area contributed by atoms with Crippen LogP contribution in [0.4, 0.5) is 11.4 Å². The number of piperazine rings is 1. The fourth-order valence-electron chi connectivity index (χ4n) is 2.54. The van der Waals surface area contributed by atoms with Gasteiger partial charge in [0.1, 0.15) is 12.1 Å². The minimum atomic E-state index is -0.216. The first-order valence-electron chi connectivity index (χ1n) is 7.30. The highest BCUT2D eigenvalue weighted by Crippen LogP contribution is 2.24. The highest BCUT2D eigenvalue weighted by molar-refractivity contribution is 6.10. The van der Waals surface area contributed by atoms with E-state index in [0.717, 1.165) is 43.1 Å². The first-order chi connectivity index (χ1) is 11.0. The van der Waals surface area contributed by atoms with Gasteiger partial charge in [-0.05, 0) is 30.7 Å². The predicted octanol–water partition coefficient (Wildman–Crippen LogP) is 1.48. The molecule has 7 nitrogen and oxygen atoms in total. The molecule has 0 saturated carbocycles. The van der Waals surface area contributed by atoms with Crippen molar-refractivity contribution in [2.75, 3.05) is 36.5 Å². The Hall–Kier alpha value is -3.06. The van der Waals surface area contributed by atoms with Gasteiger partial charge in [-0.1, -0.05) is 0 Å². The summed E-state index contributed by atoms with van der Waals surface area (Å²) in [5.41, 5.74) is 5.40. The maximum Gasteiger partial charge on any atom is 0.237 e. The lowest BCUT2D eigenvalue weighted by Crippen LogP contribution is -2.48. The Labute approximate surface area is 135 Å². The summed E-state index contributed by atoms with van der Waals surface area (Å²) in [6.07, 6.45) is 0. The number of nitrogens with one attached hydrogen (secondary N) is 1. The number of nitriles is 2. The molecule has 23 heavy (non-hydrogen) atoms. The van der Waals surface area contributed by atoms with Crippen molar-refractivity contribution in [1.29, 1.82) is 10.5 Å². The van der Waals surface area contributed by atoms with Gasteiger partial charge in [-0.25, -0.2) is 0 Å². The molecule has 1 aromatic carbocycles. The van der Waals surface area contributed by atoms with Crippen LogP contribution in [0.2, 0.25) is 0 Å². The summed E-state index contributed by atoms with van der Waals surface area (Å²) in [5, 5.41) is 21.0. The zero-order valence-corrected chi connectivity index (χ0v) is 13.2. The van der Waals surface area contributed by atoms with Crippen LogP contribution >= 0.6 is 0 Å². The summed E-state index contributed by atoms with van der Waals surface area (Å²) in [4.78, 5) is 15.5. The zero-order chi connectivity index (χ0) is 16.8. The van der Waals surface area contributed by atoms with Crippen LogP contribution in [0.5, 0.6) is 0 Å². The van der Waals surface area contributed by atoms with Crippen LogP contribution in [0.1, 0.15) is 12.5 Å². The Morgan fingerprint density at radius 2 is 1.87 bits per heavy atom. The number of nitrogens with zero attached hydrogens (tertiary/aromatic N) is 5. The fourth-order valence-corrected chi connectivity index (χ4v) is 2.54. The van der Waals surface area contributed by atoms with Crippen LogP contribution in [0, 0.1) is 29.6 Å². The number of aryl methyl sites for hydroxylation is 1. The minimum absolute atomic E-state index is 0.115. The van der Waals surface area contributed by atoms with Crippen molar-refractivity contribution in [3.8, 4) is 12.1 Å². The molecule has 0 radical (unpaired) electrons. The maximum atomic E-state index is 11.4. The number of benzene rings is 1. The molecule has 0 atom stereocenters. The van der Waals surface area contributed by atoms with Crippen LogP contribution in [-0.2, 0) is 4.79 Å². The smallest absolute Gasteiger partial charge is 0.237 e. The van der Waals surface area contributed by atoms with Crippen molar-refractivity contribution in [3.63, 3.8) is 0 Å². The van der Waals surface area contributed by atoms with Crippen molar-refractivity contribution in [3.05, 3.63) is 23.8 Å². The summed E-state index contributed by atoms with van der Waals surface area (Å²) < 4.78 is 0. The standard InChI is InChI=1S/C16H18N6O/c1-12-9-14(19-20-15(10-17)11-18)3-4-16(12)22-7-5-21(6-8-22)13(2)23/h3-4,9,19H,5-8H2,1-2H3. The summed E-state index contributed by atoms with van der Waals surface area (Å²) >= 11 is 0. The molecule has 118 valence electrons. The van der Waals surface area contributed by atoms with E-state index in [0.29, 0.717) is 0 Å². The number of hydrogen-bond donors (Lipinski definition) is 1. The van der Waals surface area contributed by atoms with E-state index in [9.17, 15) is 4.79 Å². The summed E-state index contributed by atoms with van der Waals surface area (Å²) in [6.45, 7) is 6.66. The van der Waals surface area contributed by atoms with Gasteiger partial charge in [0, 0.05) is 38.8 Å². The minimum Gasteiger partial charge on any atom is -0.368 e. The lowest BCUT2D eigenvalue weighted by molar-refractivity contribution is -0.129. The molecular formula is C16H18N6O. The molecule has 1 amide bonds. The number of anilines is 2. The highest BCUT2D eigenvalue weighted by Gasteiger charge is 2.19. The van der Waals surface area contributed by atoms with Crippen LogP contribution < -0.4 is 10.3 Å². The largest absolute Gasteiger partial charge is 0.368 e. The molecule has 1 saturated heterocycles. The van der Waals surface area contributed by atoms with E-state index in [2.05, 4.69) is 15.4 Å². The molecule has 1 heterocycles. The first kappa shape index (κ1) is 16.3. The molecule has 1 aliphatic rings. The molecule has 1 N–H and O–H groups in total. The number of hydrazone groups is 1. The fraction of sp³-hybridized carbons (Fsp3) is 0.375. The average Bonchev–Trinajstić information content (AvgIpc) is 2.56. The van der Waals surface area contributed by atoms with Crippen molar-refractivity contribution >= 4 is 23.0 Å². The maximum absolute atomic E-state index is 11.4. The molecular weight excluding hydrogens is 292 g/mol. The number of carbonyl (C=O) groups excluding carboxylic acids is 1. The Balaban J connectivity index is 2.06. The predicted molar refractivity (Wildman–Crippen MR) is 87.9 cm³/mol. The molecule has 7 heteroatoms. The van der Waals surface area contributed by atoms with Gasteiger partial charge in [0.25, 0.3) is 0 Å². The van der Waals surface area contributed by atoms with E-state index in [1.165, 1.54) is 0 Å². The summed E-state index contributed by atoms with van der Waals surface area (Å²) in [7, 11) is 0. The third kappa shape index (κ3) is 3.98. The summed E-state index contributed by atoms with van der Waals surface area (Å²) in [6, 6.07) is 9.15. The Morgan fingerprint density at radius 3 is 2.39 bits per heavy atom. The number of carbonyl (C=O) groups is 1. The third-order valence-corrected chi connectivity index (χ3v) is 3.77. The first-order valence-corrected chi connectivity index (χ1v) is 7.30. The van der Waals surface area contributed by atoms with Gasteiger partial charge in [0.2, 0.25) is 11.6 Å².